The first-order valence-electron chi connectivity index (χ1n) is 7.72. The summed E-state index contributed by atoms with van der Waals surface area (Å²) in [5, 5.41) is 9.93. The summed E-state index contributed by atoms with van der Waals surface area (Å²) in [5.41, 5.74) is 0.383. The van der Waals surface area contributed by atoms with E-state index in [-0.39, 0.29) is 21.3 Å². The van der Waals surface area contributed by atoms with Crippen molar-refractivity contribution in [2.75, 3.05) is 0 Å². The van der Waals surface area contributed by atoms with E-state index in [1.165, 1.54) is 19.3 Å². The predicted octanol–water partition coefficient (Wildman–Crippen LogP) is 3.49. The Bertz CT molecular complexity index is 665. The normalized spacial score (nSPS) is 44.2. The number of hydrogen-bond acceptors (Lipinski definition) is 3. The molecular formula is C16H21BrN2O2. The van der Waals surface area contributed by atoms with Gasteiger partial charge in [-0.15, -0.1) is 0 Å². The lowest BCUT2D eigenvalue weighted by Crippen LogP contribution is -2.57. The highest BCUT2D eigenvalue weighted by molar-refractivity contribution is 9.10. The highest BCUT2D eigenvalue weighted by Gasteiger charge is 2.61. The molecule has 0 spiro atoms. The van der Waals surface area contributed by atoms with Crippen LogP contribution in [-0.2, 0) is 5.41 Å². The molecule has 0 saturated heterocycles. The lowest BCUT2D eigenvalue weighted by Gasteiger charge is -2.64. The van der Waals surface area contributed by atoms with Gasteiger partial charge in [0.2, 0.25) is 5.88 Å². The molecule has 4 aliphatic carbocycles. The average molecular weight is 353 g/mol. The van der Waals surface area contributed by atoms with Gasteiger partial charge < -0.3 is 10.1 Å². The van der Waals surface area contributed by atoms with Crippen LogP contribution in [0, 0.1) is 16.7 Å². The van der Waals surface area contributed by atoms with Crippen molar-refractivity contribution >= 4 is 15.9 Å². The first kappa shape index (κ1) is 13.8. The van der Waals surface area contributed by atoms with E-state index in [9.17, 15) is 9.90 Å². The molecule has 21 heavy (non-hydrogen) atoms. The number of H-pyrrole nitrogens is 1. The molecule has 0 aromatic carbocycles. The fourth-order valence-electron chi connectivity index (χ4n) is 6.41. The summed E-state index contributed by atoms with van der Waals surface area (Å²) in [5.74, 6) is 1.25. The lowest BCUT2D eigenvalue weighted by atomic mass is 9.40. The fraction of sp³-hybridized carbons (Fsp3) is 0.750. The van der Waals surface area contributed by atoms with Crippen LogP contribution in [0.4, 0.5) is 0 Å². The van der Waals surface area contributed by atoms with Crippen LogP contribution in [0.1, 0.15) is 58.2 Å². The van der Waals surface area contributed by atoms with E-state index < -0.39 is 0 Å². The summed E-state index contributed by atoms with van der Waals surface area (Å²) in [4.78, 5) is 19.3. The van der Waals surface area contributed by atoms with Crippen molar-refractivity contribution in [3.8, 4) is 5.88 Å². The van der Waals surface area contributed by atoms with Gasteiger partial charge in [-0.05, 0) is 71.2 Å². The minimum Gasteiger partial charge on any atom is -0.492 e. The molecule has 0 amide bonds. The van der Waals surface area contributed by atoms with Gasteiger partial charge in [0.05, 0.1) is 0 Å². The third kappa shape index (κ3) is 1.92. The highest BCUT2D eigenvalue weighted by atomic mass is 79.9. The molecule has 1 aromatic heterocycles. The van der Waals surface area contributed by atoms with Crippen LogP contribution < -0.4 is 5.56 Å². The molecule has 0 aliphatic heterocycles. The Kier molecular flexibility index (Phi) is 2.57. The third-order valence-electron chi connectivity index (χ3n) is 5.97. The maximum Gasteiger partial charge on any atom is 0.269 e. The quantitative estimate of drug-likeness (QED) is 0.812. The smallest absolute Gasteiger partial charge is 0.269 e. The molecule has 1 aromatic rings. The van der Waals surface area contributed by atoms with Gasteiger partial charge in [0.25, 0.3) is 5.56 Å². The number of aromatic hydroxyl groups is 1. The van der Waals surface area contributed by atoms with Crippen LogP contribution in [0.25, 0.3) is 0 Å². The standard InChI is InChI=1S/C16H21BrN2O2/c1-14-3-9-4-15(2,6-14)8-16(5-9,7-14)13-18-11(20)10(17)12(21)19-13/h9H,3-8H2,1-2H3,(H2,18,19,20,21). The highest BCUT2D eigenvalue weighted by Crippen LogP contribution is 2.69. The second-order valence-corrected chi connectivity index (χ2v) is 9.26. The number of aromatic nitrogens is 2. The van der Waals surface area contributed by atoms with E-state index in [4.69, 9.17) is 0 Å². The van der Waals surface area contributed by atoms with E-state index in [0.29, 0.717) is 16.7 Å². The number of hydrogen-bond donors (Lipinski definition) is 2. The number of nitrogens with one attached hydrogen (secondary N) is 1. The Balaban J connectivity index is 1.86. The maximum absolute atomic E-state index is 12.0. The second kappa shape index (κ2) is 3.92. The van der Waals surface area contributed by atoms with Crippen molar-refractivity contribution in [3.63, 3.8) is 0 Å². The van der Waals surface area contributed by atoms with Gasteiger partial charge in [0.1, 0.15) is 10.3 Å². The summed E-state index contributed by atoms with van der Waals surface area (Å²) >= 11 is 3.09. The van der Waals surface area contributed by atoms with Crippen LogP contribution >= 0.6 is 15.9 Å². The van der Waals surface area contributed by atoms with E-state index in [0.717, 1.165) is 25.2 Å². The molecule has 5 rings (SSSR count). The Morgan fingerprint density at radius 3 is 2.33 bits per heavy atom. The molecule has 2 atom stereocenters. The van der Waals surface area contributed by atoms with Crippen LogP contribution in [-0.4, -0.2) is 15.1 Å². The number of rotatable bonds is 1. The summed E-state index contributed by atoms with van der Waals surface area (Å²) in [6.07, 6.45) is 7.15. The van der Waals surface area contributed by atoms with Gasteiger partial charge in [0.15, 0.2) is 0 Å². The van der Waals surface area contributed by atoms with E-state index in [1.54, 1.807) is 0 Å². The first-order chi connectivity index (χ1) is 9.73. The Morgan fingerprint density at radius 1 is 1.19 bits per heavy atom. The van der Waals surface area contributed by atoms with Gasteiger partial charge in [-0.25, -0.2) is 0 Å². The molecule has 0 radical (unpaired) electrons. The molecule has 5 heteroatoms. The largest absolute Gasteiger partial charge is 0.492 e. The van der Waals surface area contributed by atoms with Crippen LogP contribution in [0.2, 0.25) is 0 Å². The molecule has 4 nitrogen and oxygen atoms in total. The summed E-state index contributed by atoms with van der Waals surface area (Å²) < 4.78 is 0.133. The molecule has 114 valence electrons. The molecule has 2 N–H and O–H groups in total. The molecular weight excluding hydrogens is 332 g/mol. The van der Waals surface area contributed by atoms with Crippen molar-refractivity contribution in [1.82, 2.24) is 9.97 Å². The monoisotopic (exact) mass is 352 g/mol. The topological polar surface area (TPSA) is 66.0 Å². The third-order valence-corrected chi connectivity index (χ3v) is 6.69. The Morgan fingerprint density at radius 2 is 1.81 bits per heavy atom. The zero-order chi connectivity index (χ0) is 15.0. The lowest BCUT2D eigenvalue weighted by molar-refractivity contribution is -0.112. The molecule has 4 bridgehead atoms. The zero-order valence-corrected chi connectivity index (χ0v) is 14.1. The SMILES string of the molecule is CC12CC3CC(C)(C1)CC(c1nc(O)c(Br)c(=O)[nH]1)(C3)C2. The number of nitrogens with zero attached hydrogens (tertiary/aromatic N) is 1. The second-order valence-electron chi connectivity index (χ2n) is 8.46. The van der Waals surface area contributed by atoms with Crippen molar-refractivity contribution in [2.24, 2.45) is 16.7 Å². The summed E-state index contributed by atoms with van der Waals surface area (Å²) in [6.45, 7) is 4.78. The maximum atomic E-state index is 12.0. The fourth-order valence-corrected chi connectivity index (χ4v) is 6.60. The summed E-state index contributed by atoms with van der Waals surface area (Å²) in [6, 6.07) is 0. The number of aromatic amines is 1. The van der Waals surface area contributed by atoms with Crippen molar-refractivity contribution in [2.45, 2.75) is 57.8 Å². The molecule has 4 fully saturated rings. The van der Waals surface area contributed by atoms with E-state index in [2.05, 4.69) is 39.7 Å². The minimum absolute atomic E-state index is 0.0553. The van der Waals surface area contributed by atoms with Gasteiger partial charge in [-0.3, -0.25) is 4.79 Å². The van der Waals surface area contributed by atoms with Gasteiger partial charge >= 0.3 is 0 Å². The van der Waals surface area contributed by atoms with Gasteiger partial charge in [-0.1, -0.05) is 13.8 Å². The van der Waals surface area contributed by atoms with E-state index >= 15 is 0 Å². The average Bonchev–Trinajstić information content (AvgIpc) is 2.30. The van der Waals surface area contributed by atoms with Gasteiger partial charge in [-0.2, -0.15) is 4.98 Å². The molecule has 2 unspecified atom stereocenters. The van der Waals surface area contributed by atoms with Crippen LogP contribution in [0.3, 0.4) is 0 Å². The van der Waals surface area contributed by atoms with Crippen LogP contribution in [0.15, 0.2) is 9.27 Å². The van der Waals surface area contributed by atoms with Crippen molar-refractivity contribution < 1.29 is 5.11 Å². The minimum atomic E-state index is -0.274. The van der Waals surface area contributed by atoms with E-state index in [1.807, 2.05) is 0 Å². The molecule has 4 saturated carbocycles. The molecule has 4 aliphatic rings. The summed E-state index contributed by atoms with van der Waals surface area (Å²) in [7, 11) is 0. The van der Waals surface area contributed by atoms with Crippen LogP contribution in [0.5, 0.6) is 5.88 Å². The molecule has 1 heterocycles. The van der Waals surface area contributed by atoms with Gasteiger partial charge in [0, 0.05) is 5.41 Å². The Hall–Kier alpha value is -0.840. The number of halogens is 1. The van der Waals surface area contributed by atoms with Crippen molar-refractivity contribution in [1.29, 1.82) is 0 Å². The zero-order valence-electron chi connectivity index (χ0n) is 12.5. The first-order valence-corrected chi connectivity index (χ1v) is 8.51. The van der Waals surface area contributed by atoms with Crippen molar-refractivity contribution in [3.05, 3.63) is 20.7 Å². The predicted molar refractivity (Wildman–Crippen MR) is 83.3 cm³/mol. The Labute approximate surface area is 132 Å².